The van der Waals surface area contributed by atoms with Gasteiger partial charge >= 0.3 is 0 Å². The number of rotatable bonds is 4. The third kappa shape index (κ3) is 3.41. The van der Waals surface area contributed by atoms with E-state index in [1.54, 1.807) is 24.3 Å². The lowest BCUT2D eigenvalue weighted by Gasteiger charge is -2.02. The van der Waals surface area contributed by atoms with E-state index in [1.165, 1.54) is 0 Å². The second-order valence-corrected chi connectivity index (χ2v) is 5.06. The van der Waals surface area contributed by atoms with Crippen molar-refractivity contribution in [3.63, 3.8) is 0 Å². The van der Waals surface area contributed by atoms with Gasteiger partial charge in [-0.1, -0.05) is 40.5 Å². The van der Waals surface area contributed by atoms with Crippen molar-refractivity contribution in [2.45, 2.75) is 13.5 Å². The minimum Gasteiger partial charge on any atom is -0.484 e. The number of ether oxygens (including phenoxy) is 1. The minimum atomic E-state index is 0.223. The highest BCUT2D eigenvalue weighted by atomic mass is 35.5. The zero-order valence-corrected chi connectivity index (χ0v) is 12.2. The molecule has 0 fully saturated rings. The fourth-order valence-electron chi connectivity index (χ4n) is 1.89. The summed E-state index contributed by atoms with van der Waals surface area (Å²) in [6.45, 7) is 2.24. The summed E-state index contributed by atoms with van der Waals surface area (Å²) in [6.07, 6.45) is 0. The molecule has 0 spiro atoms. The lowest BCUT2D eigenvalue weighted by atomic mass is 10.1. The SMILES string of the molecule is Cc1cccc(-c2noc(COc3ccc(Cl)cc3)n2)c1. The van der Waals surface area contributed by atoms with E-state index >= 15 is 0 Å². The van der Waals surface area contributed by atoms with Gasteiger partial charge in [-0.3, -0.25) is 0 Å². The number of hydrogen-bond acceptors (Lipinski definition) is 4. The topological polar surface area (TPSA) is 48.2 Å². The predicted molar refractivity (Wildman–Crippen MR) is 80.3 cm³/mol. The molecule has 0 bridgehead atoms. The zero-order valence-electron chi connectivity index (χ0n) is 11.4. The lowest BCUT2D eigenvalue weighted by Crippen LogP contribution is -1.95. The smallest absolute Gasteiger partial charge is 0.264 e. The maximum absolute atomic E-state index is 5.82. The molecule has 21 heavy (non-hydrogen) atoms. The van der Waals surface area contributed by atoms with Gasteiger partial charge < -0.3 is 9.26 Å². The van der Waals surface area contributed by atoms with E-state index in [0.717, 1.165) is 11.1 Å². The van der Waals surface area contributed by atoms with E-state index in [4.69, 9.17) is 20.9 Å². The first-order valence-corrected chi connectivity index (χ1v) is 6.86. The molecule has 0 aliphatic rings. The Kier molecular flexibility index (Phi) is 3.88. The Morgan fingerprint density at radius 3 is 2.71 bits per heavy atom. The molecule has 106 valence electrons. The highest BCUT2D eigenvalue weighted by Gasteiger charge is 2.09. The Bertz CT molecular complexity index is 738. The summed E-state index contributed by atoms with van der Waals surface area (Å²) in [5, 5.41) is 4.64. The van der Waals surface area contributed by atoms with Crippen molar-refractivity contribution in [2.24, 2.45) is 0 Å². The van der Waals surface area contributed by atoms with E-state index in [0.29, 0.717) is 22.5 Å². The fourth-order valence-corrected chi connectivity index (χ4v) is 2.02. The molecule has 0 atom stereocenters. The average Bonchev–Trinajstić information content (AvgIpc) is 2.96. The van der Waals surface area contributed by atoms with Gasteiger partial charge in [-0.2, -0.15) is 4.98 Å². The third-order valence-electron chi connectivity index (χ3n) is 2.92. The van der Waals surface area contributed by atoms with Crippen molar-refractivity contribution in [2.75, 3.05) is 0 Å². The number of benzene rings is 2. The van der Waals surface area contributed by atoms with Crippen molar-refractivity contribution in [1.82, 2.24) is 10.1 Å². The standard InChI is InChI=1S/C16H13ClN2O2/c1-11-3-2-4-12(9-11)16-18-15(21-19-16)10-20-14-7-5-13(17)6-8-14/h2-9H,10H2,1H3. The van der Waals surface area contributed by atoms with Crippen molar-refractivity contribution in [3.8, 4) is 17.1 Å². The summed E-state index contributed by atoms with van der Waals surface area (Å²) in [7, 11) is 0. The molecule has 0 radical (unpaired) electrons. The first-order chi connectivity index (χ1) is 10.2. The normalized spacial score (nSPS) is 10.6. The van der Waals surface area contributed by atoms with Crippen LogP contribution in [0.25, 0.3) is 11.4 Å². The van der Waals surface area contributed by atoms with Gasteiger partial charge in [0.05, 0.1) is 0 Å². The van der Waals surface area contributed by atoms with Crippen molar-refractivity contribution >= 4 is 11.6 Å². The number of hydrogen-bond donors (Lipinski definition) is 0. The van der Waals surface area contributed by atoms with Crippen LogP contribution >= 0.6 is 11.6 Å². The summed E-state index contributed by atoms with van der Waals surface area (Å²) in [4.78, 5) is 4.33. The van der Waals surface area contributed by atoms with Gasteiger partial charge in [0.2, 0.25) is 5.82 Å². The molecule has 0 unspecified atom stereocenters. The summed E-state index contributed by atoms with van der Waals surface area (Å²) in [5.41, 5.74) is 2.08. The molecule has 1 heterocycles. The summed E-state index contributed by atoms with van der Waals surface area (Å²) < 4.78 is 10.8. The van der Waals surface area contributed by atoms with Crippen LogP contribution in [0.3, 0.4) is 0 Å². The first kappa shape index (κ1) is 13.6. The molecular formula is C16H13ClN2O2. The maximum atomic E-state index is 5.82. The van der Waals surface area contributed by atoms with E-state index in [2.05, 4.69) is 10.1 Å². The number of nitrogens with zero attached hydrogens (tertiary/aromatic N) is 2. The summed E-state index contributed by atoms with van der Waals surface area (Å²) in [6, 6.07) is 15.1. The van der Waals surface area contributed by atoms with Crippen LogP contribution in [-0.4, -0.2) is 10.1 Å². The predicted octanol–water partition coefficient (Wildman–Crippen LogP) is 4.28. The molecule has 1 aromatic heterocycles. The van der Waals surface area contributed by atoms with Crippen LogP contribution in [0.4, 0.5) is 0 Å². The molecule has 0 N–H and O–H groups in total. The van der Waals surface area contributed by atoms with Crippen LogP contribution in [0.15, 0.2) is 53.1 Å². The van der Waals surface area contributed by atoms with Gasteiger partial charge in [-0.05, 0) is 37.3 Å². The monoisotopic (exact) mass is 300 g/mol. The van der Waals surface area contributed by atoms with E-state index in [1.807, 2.05) is 31.2 Å². The lowest BCUT2D eigenvalue weighted by molar-refractivity contribution is 0.243. The van der Waals surface area contributed by atoms with Gasteiger partial charge in [0.15, 0.2) is 6.61 Å². The molecule has 0 saturated carbocycles. The quantitative estimate of drug-likeness (QED) is 0.721. The Morgan fingerprint density at radius 1 is 1.14 bits per heavy atom. The third-order valence-corrected chi connectivity index (χ3v) is 3.17. The molecule has 2 aromatic carbocycles. The maximum Gasteiger partial charge on any atom is 0.264 e. The van der Waals surface area contributed by atoms with Crippen LogP contribution in [0.1, 0.15) is 11.5 Å². The molecule has 0 saturated heterocycles. The number of aromatic nitrogens is 2. The molecule has 0 aliphatic heterocycles. The Balaban J connectivity index is 1.69. The zero-order chi connectivity index (χ0) is 14.7. The summed E-state index contributed by atoms with van der Waals surface area (Å²) >= 11 is 5.82. The van der Waals surface area contributed by atoms with Crippen molar-refractivity contribution in [3.05, 3.63) is 65.0 Å². The van der Waals surface area contributed by atoms with Crippen LogP contribution < -0.4 is 4.74 Å². The van der Waals surface area contributed by atoms with E-state index < -0.39 is 0 Å². The Morgan fingerprint density at radius 2 is 1.95 bits per heavy atom. The van der Waals surface area contributed by atoms with Gasteiger partial charge in [-0.15, -0.1) is 0 Å². The highest BCUT2D eigenvalue weighted by Crippen LogP contribution is 2.19. The highest BCUT2D eigenvalue weighted by molar-refractivity contribution is 6.30. The van der Waals surface area contributed by atoms with Gasteiger partial charge in [0.25, 0.3) is 5.89 Å². The molecule has 0 aliphatic carbocycles. The van der Waals surface area contributed by atoms with Gasteiger partial charge in [0, 0.05) is 10.6 Å². The summed E-state index contributed by atoms with van der Waals surface area (Å²) in [5.74, 6) is 1.70. The van der Waals surface area contributed by atoms with E-state index in [-0.39, 0.29) is 6.61 Å². The van der Waals surface area contributed by atoms with Crippen LogP contribution in [0, 0.1) is 6.92 Å². The van der Waals surface area contributed by atoms with E-state index in [9.17, 15) is 0 Å². The number of halogens is 1. The molecular weight excluding hydrogens is 288 g/mol. The van der Waals surface area contributed by atoms with Crippen molar-refractivity contribution < 1.29 is 9.26 Å². The van der Waals surface area contributed by atoms with Crippen molar-refractivity contribution in [1.29, 1.82) is 0 Å². The number of aryl methyl sites for hydroxylation is 1. The minimum absolute atomic E-state index is 0.223. The Labute approximate surface area is 127 Å². The van der Waals surface area contributed by atoms with Crippen LogP contribution in [-0.2, 0) is 6.61 Å². The fraction of sp³-hybridized carbons (Fsp3) is 0.125. The molecule has 5 heteroatoms. The van der Waals surface area contributed by atoms with Gasteiger partial charge in [-0.25, -0.2) is 0 Å². The molecule has 3 rings (SSSR count). The average molecular weight is 301 g/mol. The second kappa shape index (κ2) is 5.97. The Hall–Kier alpha value is -2.33. The molecule has 4 nitrogen and oxygen atoms in total. The van der Waals surface area contributed by atoms with Crippen LogP contribution in [0.5, 0.6) is 5.75 Å². The molecule has 3 aromatic rings. The first-order valence-electron chi connectivity index (χ1n) is 6.49. The van der Waals surface area contributed by atoms with Crippen LogP contribution in [0.2, 0.25) is 5.02 Å². The molecule has 0 amide bonds. The largest absolute Gasteiger partial charge is 0.484 e. The second-order valence-electron chi connectivity index (χ2n) is 4.62. The van der Waals surface area contributed by atoms with Gasteiger partial charge in [0.1, 0.15) is 5.75 Å².